The lowest BCUT2D eigenvalue weighted by Crippen LogP contribution is -2.66. The number of cyclic esters (lactones) is 1. The Kier molecular flexibility index (Phi) is 17.9. The van der Waals surface area contributed by atoms with Crippen molar-refractivity contribution in [2.45, 2.75) is 166 Å². The minimum Gasteiger partial charge on any atom is -0.462 e. The molecule has 2 saturated heterocycles. The zero-order chi connectivity index (χ0) is 41.2. The van der Waals surface area contributed by atoms with Gasteiger partial charge in [0.05, 0.1) is 36.9 Å². The molecule has 0 bridgehead atoms. The molecule has 3 aliphatic heterocycles. The van der Waals surface area contributed by atoms with Crippen molar-refractivity contribution >= 4 is 24.2 Å². The maximum atomic E-state index is 13.2. The molecule has 0 aliphatic carbocycles. The molecule has 16 heteroatoms. The summed E-state index contributed by atoms with van der Waals surface area (Å²) in [5, 5.41) is 34.3. The van der Waals surface area contributed by atoms with Gasteiger partial charge in [0.15, 0.2) is 18.7 Å². The quantitative estimate of drug-likeness (QED) is 0.165. The van der Waals surface area contributed by atoms with Crippen molar-refractivity contribution in [3.05, 3.63) is 24.3 Å². The first-order valence-corrected chi connectivity index (χ1v) is 19.0. The molecule has 3 aliphatic rings. The fraction of sp³-hybridized carbons (Fsp3) is 0.795. The van der Waals surface area contributed by atoms with Gasteiger partial charge in [0, 0.05) is 40.2 Å². The molecule has 3 rings (SSSR count). The van der Waals surface area contributed by atoms with Crippen molar-refractivity contribution in [1.82, 2.24) is 4.90 Å². The zero-order valence-electron chi connectivity index (χ0n) is 33.8. The maximum absolute atomic E-state index is 13.2. The Morgan fingerprint density at radius 3 is 2.24 bits per heavy atom. The van der Waals surface area contributed by atoms with Crippen LogP contribution in [0.4, 0.5) is 0 Å². The van der Waals surface area contributed by atoms with Crippen LogP contribution in [0.3, 0.4) is 0 Å². The first-order valence-electron chi connectivity index (χ1n) is 19.0. The number of aliphatic hydroxyl groups excluding tert-OH is 2. The fourth-order valence-corrected chi connectivity index (χ4v) is 7.73. The number of methoxy groups -OCH3 is 1. The van der Waals surface area contributed by atoms with E-state index in [-0.39, 0.29) is 19.3 Å². The van der Waals surface area contributed by atoms with E-state index in [4.69, 9.17) is 37.9 Å². The number of likely N-dealkylation sites (N-methyl/N-ethyl adjacent to an activating group) is 1. The number of nitrogens with zero attached hydrogens (tertiary/aromatic N) is 1. The first-order chi connectivity index (χ1) is 25.8. The summed E-state index contributed by atoms with van der Waals surface area (Å²) in [4.78, 5) is 51.3. The zero-order valence-corrected chi connectivity index (χ0v) is 33.8. The summed E-state index contributed by atoms with van der Waals surface area (Å²) in [6, 6.07) is -0.778. The van der Waals surface area contributed by atoms with Crippen molar-refractivity contribution in [3.8, 4) is 0 Å². The molecule has 3 N–H and O–H groups in total. The summed E-state index contributed by atoms with van der Waals surface area (Å²) in [6.07, 6.45) is -4.26. The molecule has 0 saturated carbocycles. The van der Waals surface area contributed by atoms with Crippen LogP contribution in [0.1, 0.15) is 80.6 Å². The topological polar surface area (TPSA) is 206 Å². The predicted molar refractivity (Wildman–Crippen MR) is 196 cm³/mol. The van der Waals surface area contributed by atoms with Crippen LogP contribution in [0.15, 0.2) is 24.3 Å². The highest BCUT2D eigenvalue weighted by atomic mass is 16.7. The van der Waals surface area contributed by atoms with E-state index in [1.807, 2.05) is 6.92 Å². The van der Waals surface area contributed by atoms with Gasteiger partial charge in [-0.15, -0.1) is 0 Å². The molecule has 0 radical (unpaired) electrons. The van der Waals surface area contributed by atoms with Gasteiger partial charge >= 0.3 is 17.9 Å². The monoisotopic (exact) mass is 785 g/mol. The highest BCUT2D eigenvalue weighted by Gasteiger charge is 2.52. The standard InChI is InChI=1S/C39H63NO15/c1-21-18-27(16-17-41)35(36(48-10)29(52-25(5)42)19-30(45)49-22(2)14-12-11-13-15-28(21)44)55-38-33(46)32(40(8)9)34(23(3)51-38)54-31-20-39(7,47)37(24(4)50-31)53-26(6)43/h11-13,15,17,21-24,27-29,31-38,44,46-47H,14,16,18-20H2,1-10H3/b12-11+,15-13+/t21-,22-,23+,24+,27+,28+,29-,31+,32+,33-,34-,35+,36+,37+,38+,39-/m1/s1. The highest BCUT2D eigenvalue weighted by molar-refractivity contribution is 5.72. The van der Waals surface area contributed by atoms with Gasteiger partial charge in [-0.05, 0) is 60.0 Å². The van der Waals surface area contributed by atoms with E-state index in [1.54, 1.807) is 64.1 Å². The van der Waals surface area contributed by atoms with Crippen molar-refractivity contribution < 1.29 is 72.4 Å². The van der Waals surface area contributed by atoms with Gasteiger partial charge in [0.2, 0.25) is 0 Å². The molecule has 16 atom stereocenters. The number of aldehydes is 1. The number of rotatable bonds is 10. The van der Waals surface area contributed by atoms with Crippen LogP contribution in [-0.2, 0) is 57.1 Å². The van der Waals surface area contributed by atoms with E-state index < -0.39 is 121 Å². The third-order valence-corrected chi connectivity index (χ3v) is 10.4. The van der Waals surface area contributed by atoms with Crippen LogP contribution < -0.4 is 0 Å². The largest absolute Gasteiger partial charge is 0.462 e. The van der Waals surface area contributed by atoms with Crippen LogP contribution in [0.5, 0.6) is 0 Å². The third kappa shape index (κ3) is 13.1. The fourth-order valence-electron chi connectivity index (χ4n) is 7.73. The van der Waals surface area contributed by atoms with Crippen LogP contribution in [0.25, 0.3) is 0 Å². The average Bonchev–Trinajstić information content (AvgIpc) is 3.06. The minimum absolute atomic E-state index is 0.0477. The molecule has 16 nitrogen and oxygen atoms in total. The number of aliphatic hydroxyl groups is 3. The third-order valence-electron chi connectivity index (χ3n) is 10.4. The molecule has 0 aromatic carbocycles. The number of ether oxygens (including phenoxy) is 8. The molecule has 314 valence electrons. The lowest BCUT2D eigenvalue weighted by Gasteiger charge is -2.50. The second kappa shape index (κ2) is 21.1. The van der Waals surface area contributed by atoms with Gasteiger partial charge in [0.1, 0.15) is 42.4 Å². The number of hydrogen-bond donors (Lipinski definition) is 3. The highest BCUT2D eigenvalue weighted by Crippen LogP contribution is 2.37. The Morgan fingerprint density at radius 2 is 1.65 bits per heavy atom. The summed E-state index contributed by atoms with van der Waals surface area (Å²) in [6.45, 7) is 10.9. The van der Waals surface area contributed by atoms with Gasteiger partial charge in [-0.3, -0.25) is 14.4 Å². The van der Waals surface area contributed by atoms with Crippen molar-refractivity contribution in [3.63, 3.8) is 0 Å². The van der Waals surface area contributed by atoms with Gasteiger partial charge in [0.25, 0.3) is 0 Å². The minimum atomic E-state index is -1.49. The summed E-state index contributed by atoms with van der Waals surface area (Å²) in [5.74, 6) is -3.01. The molecule has 55 heavy (non-hydrogen) atoms. The summed E-state index contributed by atoms with van der Waals surface area (Å²) in [5.41, 5.74) is -1.49. The number of hydrogen-bond acceptors (Lipinski definition) is 16. The molecule has 3 heterocycles. The number of carbonyl (C=O) groups is 4. The molecular formula is C39H63NO15. The van der Waals surface area contributed by atoms with E-state index in [0.29, 0.717) is 12.7 Å². The molecule has 0 spiro atoms. The van der Waals surface area contributed by atoms with Gasteiger partial charge < -0.3 is 62.9 Å². The Balaban J connectivity index is 2.01. The normalized spacial score (nSPS) is 42.1. The lowest BCUT2D eigenvalue weighted by atomic mass is 9.82. The molecule has 2 fully saturated rings. The number of esters is 3. The van der Waals surface area contributed by atoms with Crippen LogP contribution in [0, 0.1) is 11.8 Å². The van der Waals surface area contributed by atoms with E-state index in [9.17, 15) is 34.5 Å². The van der Waals surface area contributed by atoms with E-state index >= 15 is 0 Å². The Hall–Kier alpha value is -2.80. The molecule has 0 aromatic rings. The first kappa shape index (κ1) is 46.6. The van der Waals surface area contributed by atoms with Crippen LogP contribution >= 0.6 is 0 Å². The molecule has 0 aromatic heterocycles. The predicted octanol–water partition coefficient (Wildman–Crippen LogP) is 1.99. The summed E-state index contributed by atoms with van der Waals surface area (Å²) in [7, 11) is 4.84. The second-order valence-corrected chi connectivity index (χ2v) is 15.5. The van der Waals surface area contributed by atoms with Crippen molar-refractivity contribution in [2.75, 3.05) is 21.2 Å². The molecule has 0 unspecified atom stereocenters. The molecule has 0 amide bonds. The lowest BCUT2D eigenvalue weighted by molar-refractivity contribution is -0.344. The SMILES string of the molecule is CO[C@@H]1[C@@H](O[C@@H]2O[C@@H](C)[C@@H](O[C@H]3C[C@@](C)(O)[C@@H](OC(C)=O)[C@H](C)O3)[C@@H](N(C)C)[C@H]2O)[C@@H](CC=O)C[C@@H](C)[C@@H](O)/C=C/C=C/C[C@@H](C)OC(=O)C[C@H]1OC(C)=O. The summed E-state index contributed by atoms with van der Waals surface area (Å²) >= 11 is 0. The Labute approximate surface area is 324 Å². The van der Waals surface area contributed by atoms with Gasteiger partial charge in [-0.1, -0.05) is 31.2 Å². The van der Waals surface area contributed by atoms with E-state index in [2.05, 4.69) is 0 Å². The van der Waals surface area contributed by atoms with Crippen LogP contribution in [0.2, 0.25) is 0 Å². The number of carbonyl (C=O) groups excluding carboxylic acids is 4. The van der Waals surface area contributed by atoms with Crippen LogP contribution in [-0.4, -0.2) is 151 Å². The van der Waals surface area contributed by atoms with Gasteiger partial charge in [-0.2, -0.15) is 0 Å². The average molecular weight is 786 g/mol. The van der Waals surface area contributed by atoms with Gasteiger partial charge in [-0.25, -0.2) is 0 Å². The number of allylic oxidation sites excluding steroid dienone is 2. The van der Waals surface area contributed by atoms with Crippen molar-refractivity contribution in [2.24, 2.45) is 11.8 Å². The Bertz CT molecular complexity index is 1320. The second-order valence-electron chi connectivity index (χ2n) is 15.5. The van der Waals surface area contributed by atoms with Crippen molar-refractivity contribution in [1.29, 1.82) is 0 Å². The summed E-state index contributed by atoms with van der Waals surface area (Å²) < 4.78 is 48.0. The smallest absolute Gasteiger partial charge is 0.309 e. The Morgan fingerprint density at radius 1 is 0.982 bits per heavy atom. The van der Waals surface area contributed by atoms with E-state index in [1.165, 1.54) is 27.9 Å². The van der Waals surface area contributed by atoms with E-state index in [0.717, 1.165) is 0 Å². The molecular weight excluding hydrogens is 722 g/mol. The maximum Gasteiger partial charge on any atom is 0.309 e.